The van der Waals surface area contributed by atoms with Crippen LogP contribution in [0.2, 0.25) is 10.0 Å². The zero-order valence-corrected chi connectivity index (χ0v) is 19.8. The zero-order chi connectivity index (χ0) is 23.7. The normalized spacial score (nSPS) is 16.1. The van der Waals surface area contributed by atoms with Crippen molar-refractivity contribution >= 4 is 35.1 Å². The second-order valence-electron chi connectivity index (χ2n) is 6.80. The predicted octanol–water partition coefficient (Wildman–Crippen LogP) is 2.94. The molecule has 0 amide bonds. The lowest BCUT2D eigenvalue weighted by atomic mass is 9.80. The van der Waals surface area contributed by atoms with Crippen LogP contribution in [-0.2, 0) is 28.5 Å². The maximum absolute atomic E-state index is 13.1. The molecule has 176 valence electrons. The minimum atomic E-state index is -0.860. The molecule has 0 radical (unpaired) electrons. The van der Waals surface area contributed by atoms with Crippen LogP contribution in [0.25, 0.3) is 0 Å². The van der Waals surface area contributed by atoms with Gasteiger partial charge in [-0.2, -0.15) is 0 Å². The number of dihydropyridines is 1. The van der Waals surface area contributed by atoms with Gasteiger partial charge in [0.25, 0.3) is 0 Å². The van der Waals surface area contributed by atoms with Gasteiger partial charge in [0.1, 0.15) is 0 Å². The maximum atomic E-state index is 13.1. The summed E-state index contributed by atoms with van der Waals surface area (Å²) in [6, 6.07) is 5.03. The summed E-state index contributed by atoms with van der Waals surface area (Å²) >= 11 is 12.7. The molecule has 2 rings (SSSR count). The number of nitrogens with two attached hydrogens (primary N) is 1. The number of hydrogen-bond donors (Lipinski definition) is 2. The molecule has 0 saturated heterocycles. The lowest BCUT2D eigenvalue weighted by molar-refractivity contribution is -0.139. The van der Waals surface area contributed by atoms with Crippen LogP contribution >= 0.6 is 23.2 Å². The number of benzene rings is 1. The van der Waals surface area contributed by atoms with Crippen LogP contribution in [0.3, 0.4) is 0 Å². The summed E-state index contributed by atoms with van der Waals surface area (Å²) in [5.41, 5.74) is 7.27. The van der Waals surface area contributed by atoms with Crippen LogP contribution in [0.4, 0.5) is 0 Å². The molecule has 1 aromatic rings. The van der Waals surface area contributed by atoms with E-state index < -0.39 is 17.9 Å². The van der Waals surface area contributed by atoms with E-state index in [4.69, 9.17) is 47.9 Å². The van der Waals surface area contributed by atoms with Gasteiger partial charge in [0, 0.05) is 12.2 Å². The molecule has 0 spiro atoms. The number of allylic oxidation sites excluding steroid dienone is 1. The Bertz CT molecular complexity index is 900. The molecule has 8 nitrogen and oxygen atoms in total. The second-order valence-corrected chi connectivity index (χ2v) is 7.58. The monoisotopic (exact) mass is 485 g/mol. The van der Waals surface area contributed by atoms with Crippen molar-refractivity contribution in [3.05, 3.63) is 56.3 Å². The standard InChI is InChI=1S/C22H28Cl2N2O6/c1-4-32-22(28)19-16(12-31-11-10-30-9-8-25)26-13(2)17(21(27)29-3)18(19)14-6-5-7-15(23)20(14)24/h5-7,18,26H,4,8-12,25H2,1-3H3/i3-1. The Kier molecular flexibility index (Phi) is 10.5. The summed E-state index contributed by atoms with van der Waals surface area (Å²) in [5.74, 6) is -2.07. The molecular formula is C22H28Cl2N2O6. The second kappa shape index (κ2) is 12.8. The zero-order valence-electron chi connectivity index (χ0n) is 18.3. The van der Waals surface area contributed by atoms with E-state index in [1.807, 2.05) is 0 Å². The molecule has 0 bridgehead atoms. The van der Waals surface area contributed by atoms with Crippen LogP contribution in [-0.4, -0.2) is 58.6 Å². The number of hydrogen-bond acceptors (Lipinski definition) is 8. The van der Waals surface area contributed by atoms with Crippen molar-refractivity contribution in [3.8, 4) is 0 Å². The lowest BCUT2D eigenvalue weighted by Gasteiger charge is -2.31. The Morgan fingerprint density at radius 3 is 2.47 bits per heavy atom. The third-order valence-electron chi connectivity index (χ3n) is 4.72. The van der Waals surface area contributed by atoms with Gasteiger partial charge in [-0.3, -0.25) is 0 Å². The molecule has 1 atom stereocenters. The Morgan fingerprint density at radius 2 is 1.81 bits per heavy atom. The highest BCUT2D eigenvalue weighted by atomic mass is 35.5. The number of ether oxygens (including phenoxy) is 4. The van der Waals surface area contributed by atoms with Gasteiger partial charge in [-0.25, -0.2) is 9.59 Å². The van der Waals surface area contributed by atoms with Crippen molar-refractivity contribution in [1.29, 1.82) is 0 Å². The minimum Gasteiger partial charge on any atom is -0.466 e. The smallest absolute Gasteiger partial charge is 0.336 e. The summed E-state index contributed by atoms with van der Waals surface area (Å²) in [6.45, 7) is 5.10. The average Bonchev–Trinajstić information content (AvgIpc) is 2.77. The summed E-state index contributed by atoms with van der Waals surface area (Å²) < 4.78 is 21.3. The first-order valence-corrected chi connectivity index (χ1v) is 10.9. The van der Waals surface area contributed by atoms with E-state index in [0.29, 0.717) is 41.7 Å². The van der Waals surface area contributed by atoms with E-state index in [0.717, 1.165) is 0 Å². The highest BCUT2D eigenvalue weighted by Gasteiger charge is 2.40. The molecule has 1 aromatic carbocycles. The van der Waals surface area contributed by atoms with Crippen molar-refractivity contribution in [2.24, 2.45) is 5.73 Å². The summed E-state index contributed by atoms with van der Waals surface area (Å²) in [5, 5.41) is 3.63. The Balaban J connectivity index is 2.53. The summed E-state index contributed by atoms with van der Waals surface area (Å²) in [6.07, 6.45) is 0. The van der Waals surface area contributed by atoms with Gasteiger partial charge < -0.3 is 30.0 Å². The number of halogens is 2. The van der Waals surface area contributed by atoms with Crippen LogP contribution in [0, 0.1) is 0 Å². The predicted molar refractivity (Wildman–Crippen MR) is 121 cm³/mol. The van der Waals surface area contributed by atoms with Crippen LogP contribution < -0.4 is 11.1 Å². The van der Waals surface area contributed by atoms with Gasteiger partial charge in [-0.05, 0) is 25.5 Å². The highest BCUT2D eigenvalue weighted by Crippen LogP contribution is 2.43. The first kappa shape index (κ1) is 26.2. The first-order valence-electron chi connectivity index (χ1n) is 10.1. The van der Waals surface area contributed by atoms with Gasteiger partial charge in [0.05, 0.1) is 73.0 Å². The van der Waals surface area contributed by atoms with Crippen molar-refractivity contribution in [2.45, 2.75) is 19.8 Å². The number of carbonyl (C=O) groups is 2. The molecule has 1 aliphatic heterocycles. The maximum Gasteiger partial charge on any atom is 0.336 e. The molecule has 1 unspecified atom stereocenters. The number of rotatable bonds is 11. The highest BCUT2D eigenvalue weighted by molar-refractivity contribution is 6.42. The minimum absolute atomic E-state index is 0.0562. The van der Waals surface area contributed by atoms with Gasteiger partial charge in [0.15, 0.2) is 0 Å². The fourth-order valence-corrected chi connectivity index (χ4v) is 3.79. The molecule has 3 N–H and O–H groups in total. The molecule has 1 heterocycles. The van der Waals surface area contributed by atoms with E-state index in [1.54, 1.807) is 32.0 Å². The third kappa shape index (κ3) is 6.24. The van der Waals surface area contributed by atoms with E-state index in [9.17, 15) is 9.59 Å². The van der Waals surface area contributed by atoms with E-state index in [-0.39, 0.29) is 36.0 Å². The Labute approximate surface area is 197 Å². The van der Waals surface area contributed by atoms with E-state index in [1.165, 1.54) is 7.11 Å². The fourth-order valence-electron chi connectivity index (χ4n) is 3.37. The number of nitrogens with one attached hydrogen (secondary N) is 1. The average molecular weight is 486 g/mol. The van der Waals surface area contributed by atoms with E-state index in [2.05, 4.69) is 5.32 Å². The van der Waals surface area contributed by atoms with Gasteiger partial charge >= 0.3 is 11.9 Å². The molecular weight excluding hydrogens is 458 g/mol. The molecule has 1 aliphatic rings. The summed E-state index contributed by atoms with van der Waals surface area (Å²) in [4.78, 5) is 25.8. The molecule has 0 aliphatic carbocycles. The molecule has 0 aromatic heterocycles. The van der Waals surface area contributed by atoms with Crippen molar-refractivity contribution < 1.29 is 28.5 Å². The van der Waals surface area contributed by atoms with Crippen molar-refractivity contribution in [3.63, 3.8) is 0 Å². The quantitative estimate of drug-likeness (QED) is 0.363. The number of methoxy groups -OCH3 is 1. The van der Waals surface area contributed by atoms with Crippen LogP contribution in [0.5, 0.6) is 0 Å². The van der Waals surface area contributed by atoms with E-state index >= 15 is 0 Å². The topological polar surface area (TPSA) is 109 Å². The fraction of sp³-hybridized carbons (Fsp3) is 0.455. The number of esters is 2. The molecule has 32 heavy (non-hydrogen) atoms. The molecule has 0 saturated carbocycles. The van der Waals surface area contributed by atoms with Crippen LogP contribution in [0.15, 0.2) is 40.7 Å². The third-order valence-corrected chi connectivity index (χ3v) is 5.55. The number of carbonyl (C=O) groups excluding carboxylic acids is 2. The summed E-state index contributed by atoms with van der Waals surface area (Å²) in [7, 11) is 1.27. The Morgan fingerprint density at radius 1 is 1.09 bits per heavy atom. The SMILES string of the molecule is CCOC(=O)C1=C(COCCOCCN)NC(C)=C(C(=O)O[11CH3])C1c1cccc(Cl)c1Cl. The molecule has 10 heteroatoms. The molecule has 0 fully saturated rings. The first-order chi connectivity index (χ1) is 15.4. The van der Waals surface area contributed by atoms with Crippen molar-refractivity contribution in [2.75, 3.05) is 46.7 Å². The largest absolute Gasteiger partial charge is 0.466 e. The Hall–Kier alpha value is -2.10. The lowest BCUT2D eigenvalue weighted by Crippen LogP contribution is -2.35. The van der Waals surface area contributed by atoms with Gasteiger partial charge in [-0.15, -0.1) is 0 Å². The van der Waals surface area contributed by atoms with Gasteiger partial charge in [-0.1, -0.05) is 35.3 Å². The van der Waals surface area contributed by atoms with Crippen molar-refractivity contribution in [1.82, 2.24) is 5.32 Å². The van der Waals surface area contributed by atoms with Gasteiger partial charge in [0.2, 0.25) is 0 Å². The van der Waals surface area contributed by atoms with Crippen LogP contribution in [0.1, 0.15) is 25.3 Å².